The minimum atomic E-state index is -4.02. The highest BCUT2D eigenvalue weighted by molar-refractivity contribution is 7.89. The molecule has 33 heavy (non-hydrogen) atoms. The number of sulfonamides is 2. The predicted octanol–water partition coefficient (Wildman–Crippen LogP) is 1.05. The second-order valence-corrected chi connectivity index (χ2v) is 11.0. The van der Waals surface area contributed by atoms with E-state index in [0.29, 0.717) is 12.4 Å². The van der Waals surface area contributed by atoms with Crippen molar-refractivity contribution in [3.05, 3.63) is 72.1 Å². The van der Waals surface area contributed by atoms with Gasteiger partial charge >= 0.3 is 5.97 Å². The first kappa shape index (κ1) is 24.6. The van der Waals surface area contributed by atoms with Crippen molar-refractivity contribution in [1.29, 1.82) is 0 Å². The first-order valence-electron chi connectivity index (χ1n) is 9.99. The van der Waals surface area contributed by atoms with Crippen LogP contribution in [0.25, 0.3) is 0 Å². The molecule has 1 fully saturated rings. The Morgan fingerprint density at radius 2 is 1.61 bits per heavy atom. The maximum atomic E-state index is 12.6. The van der Waals surface area contributed by atoms with Crippen LogP contribution in [0, 0.1) is 0 Å². The molecule has 0 atom stereocenters. The molecule has 1 heterocycles. The Balaban J connectivity index is 1.65. The molecule has 1 aliphatic heterocycles. The number of benzene rings is 2. The van der Waals surface area contributed by atoms with E-state index >= 15 is 0 Å². The zero-order chi connectivity index (χ0) is 24.1. The van der Waals surface area contributed by atoms with E-state index in [1.165, 1.54) is 33.5 Å². The van der Waals surface area contributed by atoms with Crippen LogP contribution < -0.4 is 9.46 Å². The smallest absolute Gasteiger partial charge is 0.353 e. The van der Waals surface area contributed by atoms with Crippen LogP contribution in [-0.2, 0) is 31.4 Å². The summed E-state index contributed by atoms with van der Waals surface area (Å²) < 4.78 is 57.6. The van der Waals surface area contributed by atoms with E-state index in [2.05, 4.69) is 4.72 Å². The fourth-order valence-corrected chi connectivity index (χ4v) is 4.93. The number of rotatable bonds is 9. The molecule has 2 aromatic rings. The third kappa shape index (κ3) is 6.70. The Bertz CT molecular complexity index is 1200. The summed E-state index contributed by atoms with van der Waals surface area (Å²) in [7, 11) is -7.40. The van der Waals surface area contributed by atoms with Crippen LogP contribution in [0.15, 0.2) is 71.4 Å². The molecule has 12 heteroatoms. The SMILES string of the molecule is CS(=O)(=O)N1CCN(C(=CNS(=O)(=O)c2ccc(OCc3ccccc3)cc2)C(=O)O)CC1. The van der Waals surface area contributed by atoms with Crippen molar-refractivity contribution in [2.45, 2.75) is 11.5 Å². The highest BCUT2D eigenvalue weighted by Crippen LogP contribution is 2.18. The van der Waals surface area contributed by atoms with Gasteiger partial charge in [-0.25, -0.2) is 21.6 Å². The Morgan fingerprint density at radius 3 is 2.15 bits per heavy atom. The van der Waals surface area contributed by atoms with Crippen molar-refractivity contribution in [1.82, 2.24) is 13.9 Å². The average molecular weight is 496 g/mol. The number of aliphatic carboxylic acids is 1. The summed E-state index contributed by atoms with van der Waals surface area (Å²) in [6.07, 6.45) is 2.00. The van der Waals surface area contributed by atoms with Crippen LogP contribution in [0.4, 0.5) is 0 Å². The van der Waals surface area contributed by atoms with Crippen LogP contribution in [0.2, 0.25) is 0 Å². The van der Waals surface area contributed by atoms with Crippen molar-refractivity contribution >= 4 is 26.0 Å². The van der Waals surface area contributed by atoms with E-state index in [9.17, 15) is 26.7 Å². The number of nitrogens with one attached hydrogen (secondary N) is 1. The molecule has 0 amide bonds. The first-order chi connectivity index (χ1) is 15.6. The molecule has 0 radical (unpaired) electrons. The van der Waals surface area contributed by atoms with Crippen molar-refractivity contribution in [2.24, 2.45) is 0 Å². The van der Waals surface area contributed by atoms with Crippen molar-refractivity contribution < 1.29 is 31.5 Å². The molecule has 10 nitrogen and oxygen atoms in total. The average Bonchev–Trinajstić information content (AvgIpc) is 2.78. The van der Waals surface area contributed by atoms with Gasteiger partial charge in [-0.3, -0.25) is 4.72 Å². The van der Waals surface area contributed by atoms with Gasteiger partial charge in [0.25, 0.3) is 10.0 Å². The lowest BCUT2D eigenvalue weighted by Gasteiger charge is -2.34. The molecule has 1 aliphatic rings. The molecule has 0 saturated carbocycles. The van der Waals surface area contributed by atoms with Crippen LogP contribution in [0.1, 0.15) is 5.56 Å². The number of carbonyl (C=O) groups is 1. The van der Waals surface area contributed by atoms with Gasteiger partial charge in [-0.2, -0.15) is 4.31 Å². The highest BCUT2D eigenvalue weighted by Gasteiger charge is 2.27. The zero-order valence-corrected chi connectivity index (χ0v) is 19.5. The lowest BCUT2D eigenvalue weighted by molar-refractivity contribution is -0.134. The third-order valence-electron chi connectivity index (χ3n) is 5.00. The number of carboxylic acids is 1. The number of hydrogen-bond acceptors (Lipinski definition) is 7. The van der Waals surface area contributed by atoms with Crippen LogP contribution in [-0.4, -0.2) is 69.6 Å². The van der Waals surface area contributed by atoms with E-state index in [0.717, 1.165) is 18.0 Å². The van der Waals surface area contributed by atoms with Gasteiger partial charge in [0, 0.05) is 32.4 Å². The van der Waals surface area contributed by atoms with Gasteiger partial charge in [-0.1, -0.05) is 30.3 Å². The minimum absolute atomic E-state index is 0.0579. The van der Waals surface area contributed by atoms with Crippen LogP contribution in [0.5, 0.6) is 5.75 Å². The molecule has 2 aromatic carbocycles. The summed E-state index contributed by atoms with van der Waals surface area (Å²) in [5, 5.41) is 9.51. The third-order valence-corrected chi connectivity index (χ3v) is 7.62. The van der Waals surface area contributed by atoms with Crippen molar-refractivity contribution in [3.8, 4) is 5.75 Å². The molecule has 0 bridgehead atoms. The van der Waals surface area contributed by atoms with Crippen LogP contribution >= 0.6 is 0 Å². The number of nitrogens with zero attached hydrogens (tertiary/aromatic N) is 2. The molecular formula is C21H25N3O7S2. The molecule has 0 aliphatic carbocycles. The van der Waals surface area contributed by atoms with Gasteiger partial charge in [-0.05, 0) is 29.8 Å². The summed E-state index contributed by atoms with van der Waals surface area (Å²) >= 11 is 0. The lowest BCUT2D eigenvalue weighted by atomic mass is 10.2. The van der Waals surface area contributed by atoms with Gasteiger partial charge in [-0.15, -0.1) is 0 Å². The molecule has 3 rings (SSSR count). The van der Waals surface area contributed by atoms with Crippen molar-refractivity contribution in [3.63, 3.8) is 0 Å². The minimum Gasteiger partial charge on any atom is -0.489 e. The summed E-state index contributed by atoms with van der Waals surface area (Å²) in [4.78, 5) is 13.0. The predicted molar refractivity (Wildman–Crippen MR) is 121 cm³/mol. The Hall–Kier alpha value is -3.09. The molecule has 0 aromatic heterocycles. The fourth-order valence-electron chi connectivity index (χ4n) is 3.21. The van der Waals surface area contributed by atoms with Gasteiger partial charge < -0.3 is 14.7 Å². The topological polar surface area (TPSA) is 133 Å². The lowest BCUT2D eigenvalue weighted by Crippen LogP contribution is -2.49. The Morgan fingerprint density at radius 1 is 1.00 bits per heavy atom. The van der Waals surface area contributed by atoms with E-state index in [-0.39, 0.29) is 36.8 Å². The van der Waals surface area contributed by atoms with Gasteiger partial charge in [0.15, 0.2) is 0 Å². The maximum Gasteiger partial charge on any atom is 0.353 e. The second kappa shape index (κ2) is 10.2. The summed E-state index contributed by atoms with van der Waals surface area (Å²) in [6.45, 7) is 0.810. The summed E-state index contributed by atoms with van der Waals surface area (Å²) in [6, 6.07) is 15.3. The number of piperazine rings is 1. The fraction of sp³-hybridized carbons (Fsp3) is 0.286. The quantitative estimate of drug-likeness (QED) is 0.493. The molecule has 0 spiro atoms. The summed E-state index contributed by atoms with van der Waals surface area (Å²) in [5.41, 5.74) is 0.703. The molecule has 1 saturated heterocycles. The molecular weight excluding hydrogens is 470 g/mol. The number of ether oxygens (including phenoxy) is 1. The van der Waals surface area contributed by atoms with E-state index in [4.69, 9.17) is 4.74 Å². The van der Waals surface area contributed by atoms with E-state index < -0.39 is 26.0 Å². The van der Waals surface area contributed by atoms with E-state index in [1.807, 2.05) is 30.3 Å². The number of carboxylic acid groups (broad SMARTS) is 1. The van der Waals surface area contributed by atoms with Crippen LogP contribution in [0.3, 0.4) is 0 Å². The van der Waals surface area contributed by atoms with Gasteiger partial charge in [0.2, 0.25) is 10.0 Å². The molecule has 178 valence electrons. The maximum absolute atomic E-state index is 12.6. The largest absolute Gasteiger partial charge is 0.489 e. The highest BCUT2D eigenvalue weighted by atomic mass is 32.2. The number of hydrogen-bond donors (Lipinski definition) is 2. The zero-order valence-electron chi connectivity index (χ0n) is 17.9. The Labute approximate surface area is 193 Å². The second-order valence-electron chi connectivity index (χ2n) is 7.35. The first-order valence-corrected chi connectivity index (χ1v) is 13.3. The normalized spacial score (nSPS) is 15.8. The Kier molecular flexibility index (Phi) is 7.61. The van der Waals surface area contributed by atoms with E-state index in [1.54, 1.807) is 0 Å². The van der Waals surface area contributed by atoms with Gasteiger partial charge in [0.05, 0.1) is 11.2 Å². The standard InChI is InChI=1S/C21H25N3O7S2/c1-32(27,28)24-13-11-23(12-14-24)20(21(25)26)15-22-33(29,30)19-9-7-18(8-10-19)31-16-17-5-3-2-4-6-17/h2-10,15,22H,11-14,16H2,1H3,(H,25,26). The van der Waals surface area contributed by atoms with Crippen molar-refractivity contribution in [2.75, 3.05) is 32.4 Å². The summed E-state index contributed by atoms with van der Waals surface area (Å²) in [5.74, 6) is -0.835. The van der Waals surface area contributed by atoms with Gasteiger partial charge in [0.1, 0.15) is 18.1 Å². The molecule has 0 unspecified atom stereocenters. The monoisotopic (exact) mass is 495 g/mol. The molecule has 2 N–H and O–H groups in total.